The van der Waals surface area contributed by atoms with Crippen LogP contribution < -0.4 is 5.32 Å². The molecule has 1 aromatic carbocycles. The molecule has 0 bridgehead atoms. The van der Waals surface area contributed by atoms with E-state index in [1.165, 1.54) is 16.7 Å². The zero-order chi connectivity index (χ0) is 14.8. The molecule has 1 aliphatic heterocycles. The highest BCUT2D eigenvalue weighted by Gasteiger charge is 2.33. The van der Waals surface area contributed by atoms with Crippen LogP contribution in [0.4, 0.5) is 0 Å². The van der Waals surface area contributed by atoms with Gasteiger partial charge in [0.2, 0.25) is 0 Å². The van der Waals surface area contributed by atoms with Crippen LogP contribution >= 0.6 is 0 Å². The standard InChI is InChI=1S/C16H25NO2S/c1-4-17-16(15-5-6-20(18,19)11-15)10-14-8-12(2)7-13(3)9-14/h7-9,15-17H,4-6,10-11H2,1-3H3. The molecular formula is C16H25NO2S. The first-order valence-electron chi connectivity index (χ1n) is 7.40. The number of sulfone groups is 1. The van der Waals surface area contributed by atoms with Crippen molar-refractivity contribution in [2.45, 2.75) is 39.7 Å². The van der Waals surface area contributed by atoms with E-state index in [0.29, 0.717) is 11.5 Å². The molecule has 112 valence electrons. The third-order valence-electron chi connectivity index (χ3n) is 4.04. The molecule has 2 unspecified atom stereocenters. The van der Waals surface area contributed by atoms with Crippen LogP contribution in [-0.4, -0.2) is 32.5 Å². The fourth-order valence-electron chi connectivity index (χ4n) is 3.25. The van der Waals surface area contributed by atoms with Crippen LogP contribution in [0.25, 0.3) is 0 Å². The molecule has 0 amide bonds. The second kappa shape index (κ2) is 6.27. The lowest BCUT2D eigenvalue weighted by molar-refractivity contribution is 0.386. The Kier molecular flexibility index (Phi) is 4.86. The van der Waals surface area contributed by atoms with Crippen LogP contribution in [0.2, 0.25) is 0 Å². The lowest BCUT2D eigenvalue weighted by atomic mass is 9.92. The van der Waals surface area contributed by atoms with Crippen molar-refractivity contribution in [2.24, 2.45) is 5.92 Å². The minimum atomic E-state index is -2.81. The molecule has 3 nitrogen and oxygen atoms in total. The Bertz CT molecular complexity index is 546. The van der Waals surface area contributed by atoms with Crippen molar-refractivity contribution < 1.29 is 8.42 Å². The van der Waals surface area contributed by atoms with Crippen LogP contribution in [0.15, 0.2) is 18.2 Å². The van der Waals surface area contributed by atoms with Crippen LogP contribution in [0.1, 0.15) is 30.0 Å². The zero-order valence-corrected chi connectivity index (χ0v) is 13.5. The second-order valence-corrected chi connectivity index (χ2v) is 8.26. The third kappa shape index (κ3) is 4.06. The number of likely N-dealkylation sites (N-methyl/N-ethyl adjacent to an activating group) is 1. The van der Waals surface area contributed by atoms with Gasteiger partial charge >= 0.3 is 0 Å². The molecule has 20 heavy (non-hydrogen) atoms. The van der Waals surface area contributed by atoms with Crippen molar-refractivity contribution in [1.29, 1.82) is 0 Å². The maximum absolute atomic E-state index is 11.7. The highest BCUT2D eigenvalue weighted by molar-refractivity contribution is 7.91. The summed E-state index contributed by atoms with van der Waals surface area (Å²) in [5, 5.41) is 3.49. The number of hydrogen-bond donors (Lipinski definition) is 1. The van der Waals surface area contributed by atoms with Gasteiger partial charge < -0.3 is 5.32 Å². The first kappa shape index (κ1) is 15.5. The van der Waals surface area contributed by atoms with Gasteiger partial charge in [-0.1, -0.05) is 36.2 Å². The van der Waals surface area contributed by atoms with Gasteiger partial charge in [0.1, 0.15) is 0 Å². The number of aryl methyl sites for hydroxylation is 2. The summed E-state index contributed by atoms with van der Waals surface area (Å²) in [4.78, 5) is 0. The van der Waals surface area contributed by atoms with E-state index in [-0.39, 0.29) is 12.0 Å². The summed E-state index contributed by atoms with van der Waals surface area (Å²) in [7, 11) is -2.81. The van der Waals surface area contributed by atoms with E-state index in [9.17, 15) is 8.42 Å². The topological polar surface area (TPSA) is 46.2 Å². The van der Waals surface area contributed by atoms with Gasteiger partial charge in [-0.3, -0.25) is 0 Å². The number of hydrogen-bond acceptors (Lipinski definition) is 3. The molecule has 1 N–H and O–H groups in total. The molecule has 1 aromatic rings. The molecule has 0 spiro atoms. The Morgan fingerprint density at radius 1 is 1.25 bits per heavy atom. The van der Waals surface area contributed by atoms with Crippen molar-refractivity contribution in [3.8, 4) is 0 Å². The average molecular weight is 295 g/mol. The van der Waals surface area contributed by atoms with E-state index in [1.807, 2.05) is 0 Å². The summed E-state index contributed by atoms with van der Waals surface area (Å²) in [6.07, 6.45) is 1.71. The van der Waals surface area contributed by atoms with Gasteiger partial charge in [0.05, 0.1) is 11.5 Å². The van der Waals surface area contributed by atoms with E-state index >= 15 is 0 Å². The maximum Gasteiger partial charge on any atom is 0.150 e. The first-order valence-corrected chi connectivity index (χ1v) is 9.23. The SMILES string of the molecule is CCNC(Cc1cc(C)cc(C)c1)C1CCS(=O)(=O)C1. The molecule has 0 saturated carbocycles. The molecule has 1 saturated heterocycles. The molecule has 4 heteroatoms. The van der Waals surface area contributed by atoms with Gasteiger partial charge in [-0.15, -0.1) is 0 Å². The van der Waals surface area contributed by atoms with E-state index in [2.05, 4.69) is 44.3 Å². The highest BCUT2D eigenvalue weighted by atomic mass is 32.2. The predicted octanol–water partition coefficient (Wildman–Crippen LogP) is 2.26. The monoisotopic (exact) mass is 295 g/mol. The summed E-state index contributed by atoms with van der Waals surface area (Å²) < 4.78 is 23.4. The Hall–Kier alpha value is -0.870. The largest absolute Gasteiger partial charge is 0.314 e. The van der Waals surface area contributed by atoms with E-state index < -0.39 is 9.84 Å². The first-order chi connectivity index (χ1) is 9.39. The quantitative estimate of drug-likeness (QED) is 0.906. The van der Waals surface area contributed by atoms with Crippen molar-refractivity contribution >= 4 is 9.84 Å². The van der Waals surface area contributed by atoms with Crippen molar-refractivity contribution in [3.63, 3.8) is 0 Å². The molecule has 2 rings (SSSR count). The molecule has 1 fully saturated rings. The van der Waals surface area contributed by atoms with Gasteiger partial charge in [0, 0.05) is 6.04 Å². The van der Waals surface area contributed by atoms with Gasteiger partial charge in [0.25, 0.3) is 0 Å². The lowest BCUT2D eigenvalue weighted by Crippen LogP contribution is -2.38. The molecule has 2 atom stereocenters. The maximum atomic E-state index is 11.7. The van der Waals surface area contributed by atoms with Gasteiger partial charge in [-0.2, -0.15) is 0 Å². The van der Waals surface area contributed by atoms with Crippen molar-refractivity contribution in [2.75, 3.05) is 18.1 Å². The van der Waals surface area contributed by atoms with Crippen LogP contribution in [0, 0.1) is 19.8 Å². The zero-order valence-electron chi connectivity index (χ0n) is 12.6. The van der Waals surface area contributed by atoms with E-state index in [4.69, 9.17) is 0 Å². The second-order valence-electron chi connectivity index (χ2n) is 6.03. The molecule has 1 aliphatic rings. The molecule has 1 heterocycles. The van der Waals surface area contributed by atoms with Gasteiger partial charge in [0.15, 0.2) is 9.84 Å². The van der Waals surface area contributed by atoms with Crippen LogP contribution in [-0.2, 0) is 16.3 Å². The minimum absolute atomic E-state index is 0.251. The smallest absolute Gasteiger partial charge is 0.150 e. The fourth-order valence-corrected chi connectivity index (χ4v) is 5.13. The summed E-state index contributed by atoms with van der Waals surface area (Å²) in [5.74, 6) is 0.947. The molecular weight excluding hydrogens is 270 g/mol. The summed E-state index contributed by atoms with van der Waals surface area (Å²) in [6, 6.07) is 6.85. The summed E-state index contributed by atoms with van der Waals surface area (Å²) >= 11 is 0. The average Bonchev–Trinajstić information content (AvgIpc) is 2.68. The number of benzene rings is 1. The van der Waals surface area contributed by atoms with E-state index in [0.717, 1.165) is 19.4 Å². The fraction of sp³-hybridized carbons (Fsp3) is 0.625. The Labute approximate surface area is 122 Å². The number of rotatable bonds is 5. The molecule has 0 radical (unpaired) electrons. The molecule has 0 aliphatic carbocycles. The highest BCUT2D eigenvalue weighted by Crippen LogP contribution is 2.24. The summed E-state index contributed by atoms with van der Waals surface area (Å²) in [5.41, 5.74) is 3.85. The minimum Gasteiger partial charge on any atom is -0.314 e. The number of nitrogens with one attached hydrogen (secondary N) is 1. The van der Waals surface area contributed by atoms with Gasteiger partial charge in [-0.25, -0.2) is 8.42 Å². The van der Waals surface area contributed by atoms with Crippen LogP contribution in [0.5, 0.6) is 0 Å². The van der Waals surface area contributed by atoms with Crippen molar-refractivity contribution in [1.82, 2.24) is 5.32 Å². The Balaban J connectivity index is 2.13. The Morgan fingerprint density at radius 3 is 2.40 bits per heavy atom. The van der Waals surface area contributed by atoms with Crippen molar-refractivity contribution in [3.05, 3.63) is 34.9 Å². The van der Waals surface area contributed by atoms with E-state index in [1.54, 1.807) is 0 Å². The summed E-state index contributed by atoms with van der Waals surface area (Å²) in [6.45, 7) is 7.18. The predicted molar refractivity (Wildman–Crippen MR) is 83.8 cm³/mol. The third-order valence-corrected chi connectivity index (χ3v) is 5.83. The molecule has 0 aromatic heterocycles. The van der Waals surface area contributed by atoms with Gasteiger partial charge in [-0.05, 0) is 44.7 Å². The van der Waals surface area contributed by atoms with Crippen LogP contribution in [0.3, 0.4) is 0 Å². The Morgan fingerprint density at radius 2 is 1.90 bits per heavy atom. The normalized spacial score (nSPS) is 22.9. The lowest BCUT2D eigenvalue weighted by Gasteiger charge is -2.24.